The molecule has 0 aliphatic rings. The number of carbonyl (C=O) groups is 1. The van der Waals surface area contributed by atoms with Crippen LogP contribution in [0.2, 0.25) is 0 Å². The molecule has 3 rings (SSSR count). The van der Waals surface area contributed by atoms with Crippen LogP contribution in [0.15, 0.2) is 54.6 Å². The van der Waals surface area contributed by atoms with Crippen LogP contribution in [0.25, 0.3) is 10.9 Å². The minimum atomic E-state index is -0.267. The molecular weight excluding hydrogens is 250 g/mol. The Labute approximate surface area is 116 Å². The van der Waals surface area contributed by atoms with Crippen molar-refractivity contribution in [1.29, 1.82) is 0 Å². The molecule has 20 heavy (non-hydrogen) atoms. The molecule has 1 heterocycles. The molecule has 3 aromatic rings. The van der Waals surface area contributed by atoms with Gasteiger partial charge in [0.2, 0.25) is 5.78 Å². The number of aromatic nitrogens is 1. The van der Waals surface area contributed by atoms with Gasteiger partial charge in [-0.15, -0.1) is 0 Å². The van der Waals surface area contributed by atoms with Crippen molar-refractivity contribution in [2.75, 3.05) is 0 Å². The highest BCUT2D eigenvalue weighted by Crippen LogP contribution is 2.29. The summed E-state index contributed by atoms with van der Waals surface area (Å²) in [6.07, 6.45) is 0. The Morgan fingerprint density at radius 3 is 2.40 bits per heavy atom. The van der Waals surface area contributed by atoms with E-state index in [2.05, 4.69) is 4.98 Å². The van der Waals surface area contributed by atoms with Gasteiger partial charge in [-0.05, 0) is 13.0 Å². The molecule has 0 bridgehead atoms. The first-order chi connectivity index (χ1) is 9.68. The standard InChI is InChI=1S/C17H13NO2/c1-11-13-9-5-6-10-14(13)18-15(16(11)19)17(20)12-7-3-2-4-8-12/h2-10,19H,1H3. The van der Waals surface area contributed by atoms with Crippen LogP contribution >= 0.6 is 0 Å². The van der Waals surface area contributed by atoms with E-state index in [-0.39, 0.29) is 17.2 Å². The average molecular weight is 263 g/mol. The summed E-state index contributed by atoms with van der Waals surface area (Å²) in [6.45, 7) is 1.79. The van der Waals surface area contributed by atoms with Crippen LogP contribution in [0.3, 0.4) is 0 Å². The Morgan fingerprint density at radius 2 is 1.65 bits per heavy atom. The maximum Gasteiger partial charge on any atom is 0.215 e. The van der Waals surface area contributed by atoms with Crippen molar-refractivity contribution in [2.45, 2.75) is 6.92 Å². The molecule has 0 saturated carbocycles. The number of pyridine rings is 1. The highest BCUT2D eigenvalue weighted by Gasteiger charge is 2.18. The van der Waals surface area contributed by atoms with Gasteiger partial charge < -0.3 is 5.11 Å². The van der Waals surface area contributed by atoms with Crippen molar-refractivity contribution in [1.82, 2.24) is 4.98 Å². The normalized spacial score (nSPS) is 10.7. The van der Waals surface area contributed by atoms with E-state index in [9.17, 15) is 9.90 Å². The van der Waals surface area contributed by atoms with Gasteiger partial charge >= 0.3 is 0 Å². The number of nitrogens with zero attached hydrogens (tertiary/aromatic N) is 1. The number of benzene rings is 2. The molecule has 0 amide bonds. The van der Waals surface area contributed by atoms with Gasteiger partial charge in [0.15, 0.2) is 5.69 Å². The number of fused-ring (bicyclic) bond motifs is 1. The monoisotopic (exact) mass is 263 g/mol. The number of carbonyl (C=O) groups excluding carboxylic acids is 1. The highest BCUT2D eigenvalue weighted by atomic mass is 16.3. The molecule has 0 atom stereocenters. The van der Waals surface area contributed by atoms with Crippen LogP contribution in [0.4, 0.5) is 0 Å². The van der Waals surface area contributed by atoms with Crippen molar-refractivity contribution >= 4 is 16.7 Å². The quantitative estimate of drug-likeness (QED) is 0.720. The molecule has 3 nitrogen and oxygen atoms in total. The van der Waals surface area contributed by atoms with E-state index in [0.29, 0.717) is 16.6 Å². The number of para-hydroxylation sites is 1. The lowest BCUT2D eigenvalue weighted by Gasteiger charge is -2.09. The Kier molecular flexibility index (Phi) is 2.95. The van der Waals surface area contributed by atoms with E-state index in [1.807, 2.05) is 30.3 Å². The lowest BCUT2D eigenvalue weighted by molar-refractivity contribution is 0.103. The third kappa shape index (κ3) is 1.93. The van der Waals surface area contributed by atoms with Crippen LogP contribution in [0.5, 0.6) is 5.75 Å². The summed E-state index contributed by atoms with van der Waals surface area (Å²) in [4.78, 5) is 16.8. The third-order valence-electron chi connectivity index (χ3n) is 3.37. The molecule has 0 aliphatic carbocycles. The first-order valence-corrected chi connectivity index (χ1v) is 6.36. The summed E-state index contributed by atoms with van der Waals surface area (Å²) >= 11 is 0. The summed E-state index contributed by atoms with van der Waals surface area (Å²) in [5.41, 5.74) is 2.01. The number of rotatable bonds is 2. The summed E-state index contributed by atoms with van der Waals surface area (Å²) in [5, 5.41) is 11.1. The summed E-state index contributed by atoms with van der Waals surface area (Å²) in [6, 6.07) is 16.3. The largest absolute Gasteiger partial charge is 0.505 e. The average Bonchev–Trinajstić information content (AvgIpc) is 2.51. The molecule has 0 fully saturated rings. The smallest absolute Gasteiger partial charge is 0.215 e. The molecule has 1 N–H and O–H groups in total. The van der Waals surface area contributed by atoms with Crippen molar-refractivity contribution in [3.63, 3.8) is 0 Å². The lowest BCUT2D eigenvalue weighted by atomic mass is 10.0. The first kappa shape index (κ1) is 12.4. The molecule has 1 aromatic heterocycles. The van der Waals surface area contributed by atoms with E-state index in [1.54, 1.807) is 31.2 Å². The fourth-order valence-corrected chi connectivity index (χ4v) is 2.25. The van der Waals surface area contributed by atoms with Crippen molar-refractivity contribution in [3.8, 4) is 5.75 Å². The molecule has 98 valence electrons. The molecular formula is C17H13NO2. The van der Waals surface area contributed by atoms with Gasteiger partial charge in [-0.3, -0.25) is 4.79 Å². The second-order valence-electron chi connectivity index (χ2n) is 4.65. The minimum Gasteiger partial charge on any atom is -0.505 e. The zero-order valence-corrected chi connectivity index (χ0v) is 11.0. The van der Waals surface area contributed by atoms with Crippen LogP contribution in [-0.4, -0.2) is 15.9 Å². The fraction of sp³-hybridized carbons (Fsp3) is 0.0588. The Hall–Kier alpha value is -2.68. The molecule has 0 radical (unpaired) electrons. The Morgan fingerprint density at radius 1 is 1.00 bits per heavy atom. The van der Waals surface area contributed by atoms with Crippen molar-refractivity contribution in [2.24, 2.45) is 0 Å². The van der Waals surface area contributed by atoms with Crippen LogP contribution < -0.4 is 0 Å². The van der Waals surface area contributed by atoms with Gasteiger partial charge in [0, 0.05) is 16.5 Å². The summed E-state index contributed by atoms with van der Waals surface area (Å²) in [5.74, 6) is -0.311. The molecule has 0 spiro atoms. The predicted molar refractivity (Wildman–Crippen MR) is 78.0 cm³/mol. The minimum absolute atomic E-state index is 0.0439. The molecule has 3 heteroatoms. The fourth-order valence-electron chi connectivity index (χ4n) is 2.25. The van der Waals surface area contributed by atoms with Crippen LogP contribution in [0, 0.1) is 6.92 Å². The van der Waals surface area contributed by atoms with E-state index in [1.165, 1.54) is 0 Å². The first-order valence-electron chi connectivity index (χ1n) is 6.36. The molecule has 0 aliphatic heterocycles. The Balaban J connectivity index is 2.22. The topological polar surface area (TPSA) is 50.2 Å². The molecule has 2 aromatic carbocycles. The number of ketones is 1. The van der Waals surface area contributed by atoms with Crippen LogP contribution in [-0.2, 0) is 0 Å². The van der Waals surface area contributed by atoms with E-state index < -0.39 is 0 Å². The Bertz CT molecular complexity index is 795. The van der Waals surface area contributed by atoms with Gasteiger partial charge in [-0.1, -0.05) is 48.5 Å². The number of aryl methyl sites for hydroxylation is 1. The second kappa shape index (κ2) is 4.78. The maximum absolute atomic E-state index is 12.4. The predicted octanol–water partition coefficient (Wildman–Crippen LogP) is 3.48. The number of hydrogen-bond acceptors (Lipinski definition) is 3. The summed E-state index contributed by atoms with van der Waals surface area (Å²) in [7, 11) is 0. The van der Waals surface area contributed by atoms with E-state index in [4.69, 9.17) is 0 Å². The summed E-state index contributed by atoms with van der Waals surface area (Å²) < 4.78 is 0. The van der Waals surface area contributed by atoms with Crippen LogP contribution in [0.1, 0.15) is 21.6 Å². The van der Waals surface area contributed by atoms with Crippen molar-refractivity contribution in [3.05, 3.63) is 71.4 Å². The number of hydrogen-bond donors (Lipinski definition) is 1. The second-order valence-corrected chi connectivity index (χ2v) is 4.65. The van der Waals surface area contributed by atoms with Gasteiger partial charge in [0.1, 0.15) is 5.75 Å². The van der Waals surface area contributed by atoms with Gasteiger partial charge in [0.25, 0.3) is 0 Å². The zero-order valence-electron chi connectivity index (χ0n) is 11.0. The molecule has 0 unspecified atom stereocenters. The lowest BCUT2D eigenvalue weighted by Crippen LogP contribution is -2.05. The van der Waals surface area contributed by atoms with Crippen molar-refractivity contribution < 1.29 is 9.90 Å². The third-order valence-corrected chi connectivity index (χ3v) is 3.37. The molecule has 0 saturated heterocycles. The van der Waals surface area contributed by atoms with Gasteiger partial charge in [0.05, 0.1) is 5.52 Å². The van der Waals surface area contributed by atoms with E-state index in [0.717, 1.165) is 5.39 Å². The van der Waals surface area contributed by atoms with Gasteiger partial charge in [-0.25, -0.2) is 4.98 Å². The SMILES string of the molecule is Cc1c(O)c(C(=O)c2ccccc2)nc2ccccc12. The zero-order chi connectivity index (χ0) is 14.1. The number of aromatic hydroxyl groups is 1. The van der Waals surface area contributed by atoms with E-state index >= 15 is 0 Å². The highest BCUT2D eigenvalue weighted by molar-refractivity contribution is 6.10. The van der Waals surface area contributed by atoms with Gasteiger partial charge in [-0.2, -0.15) is 0 Å². The maximum atomic E-state index is 12.4.